The van der Waals surface area contributed by atoms with Crippen molar-refractivity contribution in [2.45, 2.75) is 18.8 Å². The molecular formula is C15H15BrN2OS. The van der Waals surface area contributed by atoms with E-state index >= 15 is 0 Å². The molecule has 3 nitrogen and oxygen atoms in total. The van der Waals surface area contributed by atoms with Gasteiger partial charge in [0.15, 0.2) is 0 Å². The smallest absolute Gasteiger partial charge is 0.255 e. The number of pyridine rings is 1. The van der Waals surface area contributed by atoms with Crippen molar-refractivity contribution >= 4 is 33.2 Å². The van der Waals surface area contributed by atoms with Crippen molar-refractivity contribution in [2.75, 3.05) is 13.1 Å². The van der Waals surface area contributed by atoms with Crippen LogP contribution in [0.2, 0.25) is 0 Å². The van der Waals surface area contributed by atoms with Crippen molar-refractivity contribution in [1.29, 1.82) is 0 Å². The van der Waals surface area contributed by atoms with Crippen molar-refractivity contribution in [3.05, 3.63) is 50.9 Å². The van der Waals surface area contributed by atoms with E-state index in [1.165, 1.54) is 4.88 Å². The van der Waals surface area contributed by atoms with Crippen LogP contribution < -0.4 is 0 Å². The van der Waals surface area contributed by atoms with E-state index in [9.17, 15) is 4.79 Å². The first-order chi connectivity index (χ1) is 9.74. The van der Waals surface area contributed by atoms with E-state index in [-0.39, 0.29) is 5.91 Å². The molecule has 0 aliphatic carbocycles. The number of hydrogen-bond donors (Lipinski definition) is 0. The lowest BCUT2D eigenvalue weighted by atomic mass is 9.95. The Morgan fingerprint density at radius 3 is 2.80 bits per heavy atom. The monoisotopic (exact) mass is 350 g/mol. The van der Waals surface area contributed by atoms with E-state index in [1.807, 2.05) is 22.3 Å². The molecule has 1 fully saturated rings. The molecule has 2 aromatic rings. The maximum absolute atomic E-state index is 12.4. The molecule has 0 radical (unpaired) electrons. The van der Waals surface area contributed by atoms with Gasteiger partial charge in [0.1, 0.15) is 0 Å². The van der Waals surface area contributed by atoms with Crippen molar-refractivity contribution in [3.8, 4) is 0 Å². The third-order valence-electron chi connectivity index (χ3n) is 3.68. The molecule has 0 aromatic carbocycles. The van der Waals surface area contributed by atoms with Crippen LogP contribution in [0.4, 0.5) is 0 Å². The molecule has 1 amide bonds. The fourth-order valence-corrected chi connectivity index (χ4v) is 3.87. The van der Waals surface area contributed by atoms with E-state index in [0.717, 1.165) is 30.4 Å². The summed E-state index contributed by atoms with van der Waals surface area (Å²) in [5.74, 6) is 0.697. The van der Waals surface area contributed by atoms with Gasteiger partial charge in [-0.15, -0.1) is 11.3 Å². The minimum atomic E-state index is 0.0865. The lowest BCUT2D eigenvalue weighted by molar-refractivity contribution is 0.0713. The van der Waals surface area contributed by atoms with Gasteiger partial charge < -0.3 is 4.90 Å². The lowest BCUT2D eigenvalue weighted by Crippen LogP contribution is -2.37. The van der Waals surface area contributed by atoms with E-state index in [2.05, 4.69) is 38.4 Å². The summed E-state index contributed by atoms with van der Waals surface area (Å²) in [7, 11) is 0. The fourth-order valence-electron chi connectivity index (χ4n) is 2.60. The summed E-state index contributed by atoms with van der Waals surface area (Å²) < 4.78 is 0.844. The first-order valence-electron chi connectivity index (χ1n) is 6.67. The van der Waals surface area contributed by atoms with Crippen LogP contribution in [0, 0.1) is 0 Å². The predicted molar refractivity (Wildman–Crippen MR) is 84.1 cm³/mol. The molecule has 1 aliphatic rings. The van der Waals surface area contributed by atoms with Crippen LogP contribution in [0.25, 0.3) is 0 Å². The molecule has 5 heteroatoms. The number of hydrogen-bond acceptors (Lipinski definition) is 3. The molecular weight excluding hydrogens is 336 g/mol. The van der Waals surface area contributed by atoms with Crippen molar-refractivity contribution in [3.63, 3.8) is 0 Å². The number of carbonyl (C=O) groups excluding carboxylic acids is 1. The van der Waals surface area contributed by atoms with Gasteiger partial charge >= 0.3 is 0 Å². The molecule has 2 aromatic heterocycles. The number of piperidine rings is 1. The summed E-state index contributed by atoms with van der Waals surface area (Å²) in [6.07, 6.45) is 5.43. The summed E-state index contributed by atoms with van der Waals surface area (Å²) in [6.45, 7) is 1.65. The number of carbonyl (C=O) groups is 1. The Balaban J connectivity index is 1.65. The fraction of sp³-hybridized carbons (Fsp3) is 0.333. The highest BCUT2D eigenvalue weighted by molar-refractivity contribution is 9.10. The molecule has 20 heavy (non-hydrogen) atoms. The van der Waals surface area contributed by atoms with Gasteiger partial charge in [-0.3, -0.25) is 9.78 Å². The predicted octanol–water partition coefficient (Wildman–Crippen LogP) is 3.93. The lowest BCUT2D eigenvalue weighted by Gasteiger charge is -2.31. The van der Waals surface area contributed by atoms with Gasteiger partial charge in [0.05, 0.1) is 5.56 Å². The Labute approximate surface area is 130 Å². The van der Waals surface area contributed by atoms with Crippen molar-refractivity contribution in [2.24, 2.45) is 0 Å². The van der Waals surface area contributed by atoms with Crippen LogP contribution in [0.1, 0.15) is 34.0 Å². The average molecular weight is 351 g/mol. The van der Waals surface area contributed by atoms with Crippen molar-refractivity contribution in [1.82, 2.24) is 9.88 Å². The number of rotatable bonds is 2. The molecule has 3 heterocycles. The van der Waals surface area contributed by atoms with E-state index in [0.29, 0.717) is 11.5 Å². The van der Waals surface area contributed by atoms with Gasteiger partial charge in [0, 0.05) is 34.8 Å². The molecule has 1 aliphatic heterocycles. The van der Waals surface area contributed by atoms with Gasteiger partial charge in [-0.1, -0.05) is 6.07 Å². The summed E-state index contributed by atoms with van der Waals surface area (Å²) >= 11 is 5.18. The number of nitrogens with zero attached hydrogens (tertiary/aromatic N) is 2. The number of aromatic nitrogens is 1. The van der Waals surface area contributed by atoms with Crippen LogP contribution >= 0.6 is 27.3 Å². The summed E-state index contributed by atoms with van der Waals surface area (Å²) in [5.41, 5.74) is 0.661. The number of amides is 1. The van der Waals surface area contributed by atoms with Gasteiger partial charge in [0.25, 0.3) is 5.91 Å². The second-order valence-corrected chi connectivity index (χ2v) is 6.87. The molecule has 1 saturated heterocycles. The first-order valence-corrected chi connectivity index (χ1v) is 8.34. The second kappa shape index (κ2) is 6.06. The quantitative estimate of drug-likeness (QED) is 0.822. The highest BCUT2D eigenvalue weighted by atomic mass is 79.9. The molecule has 0 atom stereocenters. The molecule has 0 unspecified atom stereocenters. The number of halogens is 1. The van der Waals surface area contributed by atoms with E-state index < -0.39 is 0 Å². The van der Waals surface area contributed by atoms with Gasteiger partial charge in [-0.05, 0) is 52.2 Å². The Bertz CT molecular complexity index is 592. The summed E-state index contributed by atoms with van der Waals surface area (Å²) in [4.78, 5) is 19.9. The largest absolute Gasteiger partial charge is 0.339 e. The normalized spacial score (nSPS) is 16.4. The Morgan fingerprint density at radius 2 is 2.15 bits per heavy atom. The average Bonchev–Trinajstić information content (AvgIpc) is 3.01. The zero-order chi connectivity index (χ0) is 13.9. The van der Waals surface area contributed by atoms with Crippen LogP contribution in [-0.2, 0) is 0 Å². The van der Waals surface area contributed by atoms with Crippen LogP contribution in [0.3, 0.4) is 0 Å². The first kappa shape index (κ1) is 13.8. The molecule has 0 spiro atoms. The highest BCUT2D eigenvalue weighted by Crippen LogP contribution is 2.31. The number of thiophene rings is 1. The standard InChI is InChI=1S/C15H15BrN2OS/c16-13-8-12(9-17-10-13)15(19)18-5-3-11(4-6-18)14-2-1-7-20-14/h1-2,7-11H,3-6H2. The minimum absolute atomic E-state index is 0.0865. The second-order valence-electron chi connectivity index (χ2n) is 4.97. The Morgan fingerprint density at radius 1 is 1.35 bits per heavy atom. The van der Waals surface area contributed by atoms with Crippen LogP contribution in [0.15, 0.2) is 40.4 Å². The Hall–Kier alpha value is -1.20. The maximum atomic E-state index is 12.4. The summed E-state index contributed by atoms with van der Waals surface area (Å²) in [5, 5.41) is 2.13. The molecule has 3 rings (SSSR count). The minimum Gasteiger partial charge on any atom is -0.339 e. The SMILES string of the molecule is O=C(c1cncc(Br)c1)N1CCC(c2cccs2)CC1. The van der Waals surface area contributed by atoms with Gasteiger partial charge in [-0.25, -0.2) is 0 Å². The van der Waals surface area contributed by atoms with Gasteiger partial charge in [0.2, 0.25) is 0 Å². The zero-order valence-electron chi connectivity index (χ0n) is 11.0. The molecule has 0 saturated carbocycles. The summed E-state index contributed by atoms with van der Waals surface area (Å²) in [6, 6.07) is 6.14. The Kier molecular flexibility index (Phi) is 4.17. The van der Waals surface area contributed by atoms with Crippen LogP contribution in [0.5, 0.6) is 0 Å². The van der Waals surface area contributed by atoms with E-state index in [4.69, 9.17) is 0 Å². The highest BCUT2D eigenvalue weighted by Gasteiger charge is 2.25. The van der Waals surface area contributed by atoms with Crippen LogP contribution in [-0.4, -0.2) is 28.9 Å². The van der Waals surface area contributed by atoms with E-state index in [1.54, 1.807) is 12.4 Å². The third-order valence-corrected chi connectivity index (χ3v) is 5.15. The van der Waals surface area contributed by atoms with Gasteiger partial charge in [-0.2, -0.15) is 0 Å². The van der Waals surface area contributed by atoms with Crippen molar-refractivity contribution < 1.29 is 4.79 Å². The third kappa shape index (κ3) is 2.94. The molecule has 104 valence electrons. The maximum Gasteiger partial charge on any atom is 0.255 e. The topological polar surface area (TPSA) is 33.2 Å². The molecule has 0 bridgehead atoms. The zero-order valence-corrected chi connectivity index (χ0v) is 13.4. The molecule has 0 N–H and O–H groups in total. The number of likely N-dealkylation sites (tertiary alicyclic amines) is 1.